The molecule has 1 N–H and O–H groups in total. The largest absolute Gasteiger partial charge is 0.382 e. The molecule has 2 aliphatic rings. The van der Waals surface area contributed by atoms with Gasteiger partial charge in [0.2, 0.25) is 0 Å². The van der Waals surface area contributed by atoms with Gasteiger partial charge in [-0.15, -0.1) is 0 Å². The summed E-state index contributed by atoms with van der Waals surface area (Å²) in [5.74, 6) is 0.790. The Bertz CT molecular complexity index is 251. The molecule has 2 atom stereocenters. The lowest BCUT2D eigenvalue weighted by Gasteiger charge is -2.41. The van der Waals surface area contributed by atoms with Crippen LogP contribution in [0.3, 0.4) is 0 Å². The first kappa shape index (κ1) is 15.3. The van der Waals surface area contributed by atoms with Crippen LogP contribution >= 0.6 is 0 Å². The maximum absolute atomic E-state index is 6.14. The van der Waals surface area contributed by atoms with Crippen molar-refractivity contribution in [1.82, 2.24) is 5.32 Å². The van der Waals surface area contributed by atoms with Gasteiger partial charge in [-0.2, -0.15) is 0 Å². The van der Waals surface area contributed by atoms with Crippen molar-refractivity contribution in [2.24, 2.45) is 5.92 Å². The van der Waals surface area contributed by atoms with Gasteiger partial charge in [-0.3, -0.25) is 0 Å². The summed E-state index contributed by atoms with van der Waals surface area (Å²) in [4.78, 5) is 0. The van der Waals surface area contributed by atoms with Crippen LogP contribution in [0, 0.1) is 5.92 Å². The van der Waals surface area contributed by atoms with Crippen LogP contribution in [0.15, 0.2) is 0 Å². The molecule has 0 bridgehead atoms. The maximum atomic E-state index is 6.14. The lowest BCUT2D eigenvalue weighted by Crippen LogP contribution is -2.44. The molecule has 1 saturated heterocycles. The van der Waals surface area contributed by atoms with E-state index < -0.39 is 0 Å². The van der Waals surface area contributed by atoms with Crippen LogP contribution < -0.4 is 5.32 Å². The summed E-state index contributed by atoms with van der Waals surface area (Å²) >= 11 is 0. The van der Waals surface area contributed by atoms with Crippen molar-refractivity contribution in [3.05, 3.63) is 0 Å². The molecule has 3 heteroatoms. The Morgan fingerprint density at radius 3 is 2.84 bits per heavy atom. The number of rotatable bonds is 7. The Balaban J connectivity index is 1.80. The van der Waals surface area contributed by atoms with Crippen molar-refractivity contribution in [3.8, 4) is 0 Å². The van der Waals surface area contributed by atoms with Gasteiger partial charge in [0, 0.05) is 25.9 Å². The van der Waals surface area contributed by atoms with Crippen LogP contribution in [0.4, 0.5) is 0 Å². The molecule has 1 saturated carbocycles. The lowest BCUT2D eigenvalue weighted by molar-refractivity contribution is -0.0981. The molecule has 1 heterocycles. The van der Waals surface area contributed by atoms with Crippen LogP contribution in [-0.4, -0.2) is 38.5 Å². The van der Waals surface area contributed by atoms with E-state index in [9.17, 15) is 0 Å². The lowest BCUT2D eigenvalue weighted by atomic mass is 9.79. The third kappa shape index (κ3) is 4.17. The fraction of sp³-hybridized carbons (Fsp3) is 1.00. The third-order valence-electron chi connectivity index (χ3n) is 4.99. The van der Waals surface area contributed by atoms with Crippen molar-refractivity contribution in [2.75, 3.05) is 26.9 Å². The fourth-order valence-corrected chi connectivity index (χ4v) is 3.94. The van der Waals surface area contributed by atoms with Gasteiger partial charge < -0.3 is 14.8 Å². The summed E-state index contributed by atoms with van der Waals surface area (Å²) in [6.07, 6.45) is 10.2. The van der Waals surface area contributed by atoms with Gasteiger partial charge in [-0.05, 0) is 58.4 Å². The average molecular weight is 269 g/mol. The number of nitrogens with one attached hydrogen (secondary N) is 1. The molecular formula is C16H31NO2. The first-order valence-electron chi connectivity index (χ1n) is 8.18. The summed E-state index contributed by atoms with van der Waals surface area (Å²) in [6, 6.07) is 0.641. The van der Waals surface area contributed by atoms with Gasteiger partial charge in [0.25, 0.3) is 0 Å². The number of hydrogen-bond donors (Lipinski definition) is 1. The minimum Gasteiger partial charge on any atom is -0.382 e. The minimum atomic E-state index is 0.248. The molecule has 0 aromatic heterocycles. The van der Waals surface area contributed by atoms with Crippen LogP contribution in [0.25, 0.3) is 0 Å². The highest BCUT2D eigenvalue weighted by Gasteiger charge is 2.41. The Morgan fingerprint density at radius 1 is 1.37 bits per heavy atom. The second-order valence-electron chi connectivity index (χ2n) is 6.23. The van der Waals surface area contributed by atoms with Crippen molar-refractivity contribution >= 4 is 0 Å². The predicted octanol–water partition coefficient (Wildman–Crippen LogP) is 3.13. The Hall–Kier alpha value is -0.120. The van der Waals surface area contributed by atoms with Crippen LogP contribution in [-0.2, 0) is 9.47 Å². The zero-order valence-electron chi connectivity index (χ0n) is 12.7. The van der Waals surface area contributed by atoms with Crippen LogP contribution in [0.1, 0.15) is 58.3 Å². The smallest absolute Gasteiger partial charge is 0.0685 e. The van der Waals surface area contributed by atoms with Gasteiger partial charge in [0.05, 0.1) is 5.60 Å². The average Bonchev–Trinajstić information content (AvgIpc) is 2.87. The molecule has 2 unspecified atom stereocenters. The molecule has 0 radical (unpaired) electrons. The summed E-state index contributed by atoms with van der Waals surface area (Å²) in [5, 5.41) is 3.54. The normalized spacial score (nSPS) is 27.8. The monoisotopic (exact) mass is 269 g/mol. The molecule has 19 heavy (non-hydrogen) atoms. The second-order valence-corrected chi connectivity index (χ2v) is 6.23. The van der Waals surface area contributed by atoms with E-state index in [0.717, 1.165) is 25.7 Å². The van der Waals surface area contributed by atoms with E-state index >= 15 is 0 Å². The van der Waals surface area contributed by atoms with Crippen molar-refractivity contribution in [2.45, 2.75) is 69.9 Å². The van der Waals surface area contributed by atoms with E-state index in [1.807, 2.05) is 0 Å². The zero-order chi connectivity index (χ0) is 13.6. The summed E-state index contributed by atoms with van der Waals surface area (Å²) in [5.41, 5.74) is 0.248. The highest BCUT2D eigenvalue weighted by Crippen LogP contribution is 2.43. The van der Waals surface area contributed by atoms with Crippen LogP contribution in [0.5, 0.6) is 0 Å². The van der Waals surface area contributed by atoms with E-state index in [4.69, 9.17) is 9.47 Å². The Labute approximate surface area is 118 Å². The highest BCUT2D eigenvalue weighted by atomic mass is 16.5. The topological polar surface area (TPSA) is 30.5 Å². The molecule has 2 fully saturated rings. The van der Waals surface area contributed by atoms with E-state index in [2.05, 4.69) is 19.3 Å². The highest BCUT2D eigenvalue weighted by molar-refractivity contribution is 4.94. The van der Waals surface area contributed by atoms with E-state index in [0.29, 0.717) is 6.04 Å². The summed E-state index contributed by atoms with van der Waals surface area (Å²) < 4.78 is 11.6. The van der Waals surface area contributed by atoms with Crippen LogP contribution in [0.2, 0.25) is 0 Å². The molecule has 0 aromatic rings. The van der Waals surface area contributed by atoms with E-state index in [-0.39, 0.29) is 5.60 Å². The maximum Gasteiger partial charge on any atom is 0.0685 e. The van der Waals surface area contributed by atoms with Gasteiger partial charge in [0.1, 0.15) is 0 Å². The third-order valence-corrected chi connectivity index (χ3v) is 4.99. The molecule has 3 nitrogen and oxygen atoms in total. The molecule has 0 aromatic carbocycles. The second kappa shape index (κ2) is 7.61. The van der Waals surface area contributed by atoms with Gasteiger partial charge in [-0.25, -0.2) is 0 Å². The molecule has 2 rings (SSSR count). The summed E-state index contributed by atoms with van der Waals surface area (Å²) in [6.45, 7) is 4.78. The summed E-state index contributed by atoms with van der Waals surface area (Å²) in [7, 11) is 2.11. The molecule has 1 aliphatic carbocycles. The predicted molar refractivity (Wildman–Crippen MR) is 78.4 cm³/mol. The first-order valence-corrected chi connectivity index (χ1v) is 8.18. The Kier molecular flexibility index (Phi) is 6.11. The fourth-order valence-electron chi connectivity index (χ4n) is 3.94. The SMILES string of the molecule is CCOCCCC(NC)C1CCOC2(CCCC2)C1. The Morgan fingerprint density at radius 2 is 2.16 bits per heavy atom. The van der Waals surface area contributed by atoms with Gasteiger partial charge >= 0.3 is 0 Å². The minimum absolute atomic E-state index is 0.248. The zero-order valence-corrected chi connectivity index (χ0v) is 12.7. The standard InChI is InChI=1S/C16H31NO2/c1-3-18-11-6-7-15(17-2)14-8-12-19-16(13-14)9-4-5-10-16/h14-15,17H,3-13H2,1-2H3. The molecule has 0 amide bonds. The molecule has 1 aliphatic heterocycles. The molecule has 1 spiro atoms. The van der Waals surface area contributed by atoms with Crippen molar-refractivity contribution in [3.63, 3.8) is 0 Å². The van der Waals surface area contributed by atoms with Gasteiger partial charge in [0.15, 0.2) is 0 Å². The number of hydrogen-bond acceptors (Lipinski definition) is 3. The number of ether oxygens (including phenoxy) is 2. The molecule has 112 valence electrons. The van der Waals surface area contributed by atoms with E-state index in [1.54, 1.807) is 0 Å². The van der Waals surface area contributed by atoms with Crippen molar-refractivity contribution in [1.29, 1.82) is 0 Å². The van der Waals surface area contributed by atoms with Gasteiger partial charge in [-0.1, -0.05) is 12.8 Å². The molecular weight excluding hydrogens is 238 g/mol. The van der Waals surface area contributed by atoms with E-state index in [1.165, 1.54) is 51.4 Å². The quantitative estimate of drug-likeness (QED) is 0.720. The first-order chi connectivity index (χ1) is 9.29. The van der Waals surface area contributed by atoms with Crippen molar-refractivity contribution < 1.29 is 9.47 Å².